The minimum absolute atomic E-state index is 0.0644. The van der Waals surface area contributed by atoms with E-state index in [1.807, 2.05) is 31.2 Å². The Morgan fingerprint density at radius 1 is 1.29 bits per heavy atom. The van der Waals surface area contributed by atoms with Crippen molar-refractivity contribution in [3.8, 4) is 17.4 Å². The van der Waals surface area contributed by atoms with Crippen molar-refractivity contribution in [1.82, 2.24) is 9.97 Å². The van der Waals surface area contributed by atoms with Gasteiger partial charge in [0.1, 0.15) is 24.9 Å². The molecule has 6 nitrogen and oxygen atoms in total. The zero-order valence-corrected chi connectivity index (χ0v) is 11.8. The predicted octanol–water partition coefficient (Wildman–Crippen LogP) is 2.13. The summed E-state index contributed by atoms with van der Waals surface area (Å²) >= 11 is 0. The number of aromatic nitrogens is 2. The fourth-order valence-corrected chi connectivity index (χ4v) is 2.05. The summed E-state index contributed by atoms with van der Waals surface area (Å²) in [7, 11) is 0. The molecule has 2 aromatic rings. The summed E-state index contributed by atoms with van der Waals surface area (Å²) in [4.78, 5) is 8.18. The molecule has 0 spiro atoms. The SMILES string of the molecule is CCOc1cc(NCC2COc3ccccc3O2)ncn1. The van der Waals surface area contributed by atoms with Gasteiger partial charge in [-0.3, -0.25) is 0 Å². The highest BCUT2D eigenvalue weighted by Crippen LogP contribution is 2.30. The average Bonchev–Trinajstić information content (AvgIpc) is 2.53. The Labute approximate surface area is 123 Å². The fourth-order valence-electron chi connectivity index (χ4n) is 2.05. The number of benzene rings is 1. The van der Waals surface area contributed by atoms with Crippen molar-refractivity contribution < 1.29 is 14.2 Å². The van der Waals surface area contributed by atoms with Crippen molar-refractivity contribution in [2.24, 2.45) is 0 Å². The Kier molecular flexibility index (Phi) is 4.04. The number of fused-ring (bicyclic) bond motifs is 1. The van der Waals surface area contributed by atoms with Crippen LogP contribution in [-0.2, 0) is 0 Å². The molecule has 1 aliphatic rings. The van der Waals surface area contributed by atoms with Gasteiger partial charge in [-0.2, -0.15) is 0 Å². The third kappa shape index (κ3) is 3.34. The lowest BCUT2D eigenvalue weighted by Crippen LogP contribution is -2.35. The first-order chi connectivity index (χ1) is 10.3. The maximum atomic E-state index is 5.87. The first-order valence-corrected chi connectivity index (χ1v) is 6.92. The lowest BCUT2D eigenvalue weighted by molar-refractivity contribution is 0.0997. The van der Waals surface area contributed by atoms with E-state index in [-0.39, 0.29) is 6.10 Å². The normalized spacial score (nSPS) is 16.3. The maximum Gasteiger partial charge on any atom is 0.218 e. The molecule has 0 amide bonds. The molecule has 0 bridgehead atoms. The maximum absolute atomic E-state index is 5.87. The van der Waals surface area contributed by atoms with Gasteiger partial charge in [0, 0.05) is 6.07 Å². The van der Waals surface area contributed by atoms with Crippen molar-refractivity contribution in [3.63, 3.8) is 0 Å². The number of nitrogens with one attached hydrogen (secondary N) is 1. The third-order valence-electron chi connectivity index (χ3n) is 3.01. The van der Waals surface area contributed by atoms with E-state index in [4.69, 9.17) is 14.2 Å². The zero-order valence-electron chi connectivity index (χ0n) is 11.8. The van der Waals surface area contributed by atoms with Crippen LogP contribution in [0.4, 0.5) is 5.82 Å². The molecular formula is C15H17N3O3. The lowest BCUT2D eigenvalue weighted by atomic mass is 10.2. The number of para-hydroxylation sites is 2. The standard InChI is InChI=1S/C15H17N3O3/c1-2-19-15-7-14(17-10-18-15)16-8-11-9-20-12-5-3-4-6-13(12)21-11/h3-7,10-11H,2,8-9H2,1H3,(H,16,17,18). The molecule has 1 aliphatic heterocycles. The zero-order chi connectivity index (χ0) is 14.5. The van der Waals surface area contributed by atoms with E-state index >= 15 is 0 Å². The van der Waals surface area contributed by atoms with Crippen LogP contribution in [-0.4, -0.2) is 35.8 Å². The second-order valence-corrected chi connectivity index (χ2v) is 4.55. The van der Waals surface area contributed by atoms with Crippen LogP contribution < -0.4 is 19.5 Å². The first-order valence-electron chi connectivity index (χ1n) is 6.92. The molecule has 2 heterocycles. The van der Waals surface area contributed by atoms with Crippen LogP contribution in [0.3, 0.4) is 0 Å². The molecule has 1 aromatic carbocycles. The molecule has 1 N–H and O–H groups in total. The van der Waals surface area contributed by atoms with Gasteiger partial charge in [0.2, 0.25) is 5.88 Å². The summed E-state index contributed by atoms with van der Waals surface area (Å²) in [6.45, 7) is 3.59. The van der Waals surface area contributed by atoms with Crippen molar-refractivity contribution in [2.45, 2.75) is 13.0 Å². The molecule has 1 aromatic heterocycles. The van der Waals surface area contributed by atoms with Crippen molar-refractivity contribution in [1.29, 1.82) is 0 Å². The van der Waals surface area contributed by atoms with Gasteiger partial charge in [-0.1, -0.05) is 12.1 Å². The molecule has 6 heteroatoms. The summed E-state index contributed by atoms with van der Waals surface area (Å²) < 4.78 is 16.9. The highest BCUT2D eigenvalue weighted by Gasteiger charge is 2.20. The summed E-state index contributed by atoms with van der Waals surface area (Å²) in [5.74, 6) is 2.82. The largest absolute Gasteiger partial charge is 0.486 e. The van der Waals surface area contributed by atoms with E-state index in [9.17, 15) is 0 Å². The minimum Gasteiger partial charge on any atom is -0.486 e. The molecule has 0 saturated heterocycles. The highest BCUT2D eigenvalue weighted by molar-refractivity contribution is 5.41. The summed E-state index contributed by atoms with van der Waals surface area (Å²) in [6, 6.07) is 9.42. The Morgan fingerprint density at radius 2 is 2.14 bits per heavy atom. The number of ether oxygens (including phenoxy) is 3. The van der Waals surface area contributed by atoms with Crippen LogP contribution in [0.5, 0.6) is 17.4 Å². The van der Waals surface area contributed by atoms with Crippen LogP contribution in [0.15, 0.2) is 36.7 Å². The van der Waals surface area contributed by atoms with E-state index < -0.39 is 0 Å². The Balaban J connectivity index is 1.58. The van der Waals surface area contributed by atoms with Gasteiger partial charge < -0.3 is 19.5 Å². The van der Waals surface area contributed by atoms with E-state index in [2.05, 4.69) is 15.3 Å². The van der Waals surface area contributed by atoms with Gasteiger partial charge in [-0.25, -0.2) is 9.97 Å². The topological polar surface area (TPSA) is 65.5 Å². The van der Waals surface area contributed by atoms with E-state index in [1.54, 1.807) is 6.07 Å². The van der Waals surface area contributed by atoms with Crippen LogP contribution in [0.2, 0.25) is 0 Å². The van der Waals surface area contributed by atoms with Crippen LogP contribution in [0, 0.1) is 0 Å². The van der Waals surface area contributed by atoms with Gasteiger partial charge in [0.15, 0.2) is 11.5 Å². The smallest absolute Gasteiger partial charge is 0.218 e. The van der Waals surface area contributed by atoms with E-state index in [1.165, 1.54) is 6.33 Å². The van der Waals surface area contributed by atoms with Crippen molar-refractivity contribution in [2.75, 3.05) is 25.1 Å². The number of nitrogens with zero attached hydrogens (tertiary/aromatic N) is 2. The Bertz CT molecular complexity index is 606. The summed E-state index contributed by atoms with van der Waals surface area (Å²) in [5.41, 5.74) is 0. The van der Waals surface area contributed by atoms with Gasteiger partial charge in [0.05, 0.1) is 13.2 Å². The second kappa shape index (κ2) is 6.30. The Hall–Kier alpha value is -2.50. The average molecular weight is 287 g/mol. The molecule has 110 valence electrons. The van der Waals surface area contributed by atoms with Crippen LogP contribution >= 0.6 is 0 Å². The number of rotatable bonds is 5. The van der Waals surface area contributed by atoms with Gasteiger partial charge >= 0.3 is 0 Å². The summed E-state index contributed by atoms with van der Waals surface area (Å²) in [6.07, 6.45) is 1.41. The molecule has 0 aliphatic carbocycles. The molecular weight excluding hydrogens is 270 g/mol. The molecule has 0 radical (unpaired) electrons. The lowest BCUT2D eigenvalue weighted by Gasteiger charge is -2.26. The molecule has 1 unspecified atom stereocenters. The van der Waals surface area contributed by atoms with E-state index in [0.717, 1.165) is 11.5 Å². The predicted molar refractivity (Wildman–Crippen MR) is 78.0 cm³/mol. The highest BCUT2D eigenvalue weighted by atomic mass is 16.6. The van der Waals surface area contributed by atoms with Crippen LogP contribution in [0.25, 0.3) is 0 Å². The minimum atomic E-state index is -0.0644. The molecule has 0 fully saturated rings. The Morgan fingerprint density at radius 3 is 3.00 bits per heavy atom. The van der Waals surface area contributed by atoms with Gasteiger partial charge in [-0.15, -0.1) is 0 Å². The first kappa shape index (κ1) is 13.5. The quantitative estimate of drug-likeness (QED) is 0.908. The molecule has 0 saturated carbocycles. The molecule has 1 atom stereocenters. The number of hydrogen-bond donors (Lipinski definition) is 1. The molecule has 21 heavy (non-hydrogen) atoms. The third-order valence-corrected chi connectivity index (χ3v) is 3.01. The van der Waals surface area contributed by atoms with Crippen molar-refractivity contribution in [3.05, 3.63) is 36.7 Å². The van der Waals surface area contributed by atoms with Crippen molar-refractivity contribution >= 4 is 5.82 Å². The van der Waals surface area contributed by atoms with Gasteiger partial charge in [-0.05, 0) is 19.1 Å². The monoisotopic (exact) mass is 287 g/mol. The fraction of sp³-hybridized carbons (Fsp3) is 0.333. The van der Waals surface area contributed by atoms with E-state index in [0.29, 0.717) is 31.5 Å². The summed E-state index contributed by atoms with van der Waals surface area (Å²) in [5, 5.41) is 3.21. The second-order valence-electron chi connectivity index (χ2n) is 4.55. The van der Waals surface area contributed by atoms with Gasteiger partial charge in [0.25, 0.3) is 0 Å². The molecule has 3 rings (SSSR count). The van der Waals surface area contributed by atoms with Crippen LogP contribution in [0.1, 0.15) is 6.92 Å². The number of hydrogen-bond acceptors (Lipinski definition) is 6. The number of anilines is 1.